The van der Waals surface area contributed by atoms with Gasteiger partial charge in [0.15, 0.2) is 0 Å². The predicted octanol–water partition coefficient (Wildman–Crippen LogP) is 4.89. The standard InChI is InChI=1S/C22H16ClFN2O2/c23-19-9-5-4-8-16(19)14-20(26-21(27)15-6-2-1-3-7-15)22(28)25-18-12-10-17(24)11-13-18/h1-14H,(H,25,28)(H,26,27)/b20-14+. The first-order valence-corrected chi connectivity index (χ1v) is 8.80. The quantitative estimate of drug-likeness (QED) is 0.605. The summed E-state index contributed by atoms with van der Waals surface area (Å²) >= 11 is 6.17. The molecule has 0 unspecified atom stereocenters. The molecule has 0 heterocycles. The van der Waals surface area contributed by atoms with E-state index in [2.05, 4.69) is 10.6 Å². The predicted molar refractivity (Wildman–Crippen MR) is 108 cm³/mol. The van der Waals surface area contributed by atoms with Crippen LogP contribution in [0.4, 0.5) is 10.1 Å². The second kappa shape index (κ2) is 8.97. The van der Waals surface area contributed by atoms with Crippen molar-refractivity contribution in [1.29, 1.82) is 0 Å². The number of rotatable bonds is 5. The van der Waals surface area contributed by atoms with E-state index in [1.54, 1.807) is 54.6 Å². The second-order valence-electron chi connectivity index (χ2n) is 5.86. The van der Waals surface area contributed by atoms with Crippen molar-refractivity contribution < 1.29 is 14.0 Å². The Morgan fingerprint density at radius 2 is 1.50 bits per heavy atom. The summed E-state index contributed by atoms with van der Waals surface area (Å²) in [5.74, 6) is -1.41. The lowest BCUT2D eigenvalue weighted by Gasteiger charge is -2.12. The first-order valence-electron chi connectivity index (χ1n) is 8.42. The van der Waals surface area contributed by atoms with Crippen LogP contribution in [0.1, 0.15) is 15.9 Å². The lowest BCUT2D eigenvalue weighted by Crippen LogP contribution is -2.30. The van der Waals surface area contributed by atoms with Gasteiger partial charge in [0, 0.05) is 16.3 Å². The smallest absolute Gasteiger partial charge is 0.272 e. The summed E-state index contributed by atoms with van der Waals surface area (Å²) in [4.78, 5) is 25.3. The van der Waals surface area contributed by atoms with Crippen LogP contribution in [0.15, 0.2) is 84.6 Å². The van der Waals surface area contributed by atoms with Crippen LogP contribution in [-0.4, -0.2) is 11.8 Å². The summed E-state index contributed by atoms with van der Waals surface area (Å²) in [6.07, 6.45) is 1.49. The molecule has 4 nitrogen and oxygen atoms in total. The molecule has 6 heteroatoms. The van der Waals surface area contributed by atoms with E-state index in [0.717, 1.165) is 0 Å². The van der Waals surface area contributed by atoms with Gasteiger partial charge in [-0.05, 0) is 54.1 Å². The molecular formula is C22H16ClFN2O2. The third kappa shape index (κ3) is 5.05. The van der Waals surface area contributed by atoms with Crippen molar-refractivity contribution in [3.05, 3.63) is 107 Å². The van der Waals surface area contributed by atoms with E-state index in [-0.39, 0.29) is 5.70 Å². The van der Waals surface area contributed by atoms with Gasteiger partial charge < -0.3 is 10.6 Å². The van der Waals surface area contributed by atoms with E-state index < -0.39 is 17.6 Å². The van der Waals surface area contributed by atoms with E-state index >= 15 is 0 Å². The molecule has 0 bridgehead atoms. The third-order valence-electron chi connectivity index (χ3n) is 3.84. The molecule has 0 aromatic heterocycles. The molecule has 0 saturated heterocycles. The molecule has 0 aliphatic carbocycles. The molecule has 2 N–H and O–H groups in total. The second-order valence-corrected chi connectivity index (χ2v) is 6.27. The molecule has 3 aromatic carbocycles. The molecule has 0 radical (unpaired) electrons. The van der Waals surface area contributed by atoms with Crippen molar-refractivity contribution >= 4 is 35.2 Å². The largest absolute Gasteiger partial charge is 0.321 e. The molecule has 0 aliphatic rings. The number of carbonyl (C=O) groups excluding carboxylic acids is 2. The molecule has 140 valence electrons. The highest BCUT2D eigenvalue weighted by atomic mass is 35.5. The minimum atomic E-state index is -0.559. The Labute approximate surface area is 166 Å². The molecular weight excluding hydrogens is 379 g/mol. The monoisotopic (exact) mass is 394 g/mol. The Morgan fingerprint density at radius 3 is 2.18 bits per heavy atom. The van der Waals surface area contributed by atoms with Crippen LogP contribution in [-0.2, 0) is 4.79 Å². The molecule has 0 saturated carbocycles. The fourth-order valence-electron chi connectivity index (χ4n) is 2.42. The number of hydrogen-bond acceptors (Lipinski definition) is 2. The van der Waals surface area contributed by atoms with Crippen LogP contribution in [0.25, 0.3) is 6.08 Å². The van der Waals surface area contributed by atoms with Gasteiger partial charge in [0.05, 0.1) is 0 Å². The Hall–Kier alpha value is -3.44. The van der Waals surface area contributed by atoms with Crippen LogP contribution in [0.2, 0.25) is 5.02 Å². The highest BCUT2D eigenvalue weighted by Gasteiger charge is 2.15. The maximum absolute atomic E-state index is 13.1. The van der Waals surface area contributed by atoms with Gasteiger partial charge in [0.2, 0.25) is 0 Å². The maximum Gasteiger partial charge on any atom is 0.272 e. The summed E-state index contributed by atoms with van der Waals surface area (Å²) in [5.41, 5.74) is 1.38. The number of hydrogen-bond donors (Lipinski definition) is 2. The van der Waals surface area contributed by atoms with Crippen LogP contribution in [0.3, 0.4) is 0 Å². The Morgan fingerprint density at radius 1 is 0.857 bits per heavy atom. The number of anilines is 1. The highest BCUT2D eigenvalue weighted by Crippen LogP contribution is 2.19. The van der Waals surface area contributed by atoms with E-state index in [1.165, 1.54) is 30.3 Å². The van der Waals surface area contributed by atoms with Gasteiger partial charge in [0.1, 0.15) is 11.5 Å². The Kier molecular flexibility index (Phi) is 6.19. The normalized spacial score (nSPS) is 11.0. The van der Waals surface area contributed by atoms with E-state index in [9.17, 15) is 14.0 Å². The minimum Gasteiger partial charge on any atom is -0.321 e. The van der Waals surface area contributed by atoms with E-state index in [0.29, 0.717) is 21.8 Å². The molecule has 2 amide bonds. The summed E-state index contributed by atoms with van der Waals surface area (Å²) in [7, 11) is 0. The maximum atomic E-state index is 13.1. The summed E-state index contributed by atoms with van der Waals surface area (Å²) in [6, 6.07) is 20.8. The van der Waals surface area contributed by atoms with Gasteiger partial charge in [-0.1, -0.05) is 48.0 Å². The lowest BCUT2D eigenvalue weighted by atomic mass is 10.1. The highest BCUT2D eigenvalue weighted by molar-refractivity contribution is 6.32. The zero-order valence-electron chi connectivity index (χ0n) is 14.7. The number of carbonyl (C=O) groups is 2. The number of halogens is 2. The molecule has 3 aromatic rings. The van der Waals surface area contributed by atoms with Crippen molar-refractivity contribution in [3.8, 4) is 0 Å². The van der Waals surface area contributed by atoms with E-state index in [1.807, 2.05) is 0 Å². The van der Waals surface area contributed by atoms with Gasteiger partial charge in [-0.3, -0.25) is 9.59 Å². The van der Waals surface area contributed by atoms with Crippen molar-refractivity contribution in [2.24, 2.45) is 0 Å². The first kappa shape index (κ1) is 19.3. The fourth-order valence-corrected chi connectivity index (χ4v) is 2.61. The lowest BCUT2D eigenvalue weighted by molar-refractivity contribution is -0.113. The van der Waals surface area contributed by atoms with Crippen LogP contribution < -0.4 is 10.6 Å². The molecule has 0 fully saturated rings. The van der Waals surface area contributed by atoms with E-state index in [4.69, 9.17) is 11.6 Å². The van der Waals surface area contributed by atoms with Crippen LogP contribution in [0, 0.1) is 5.82 Å². The average Bonchev–Trinajstić information content (AvgIpc) is 2.71. The van der Waals surface area contributed by atoms with Gasteiger partial charge in [-0.15, -0.1) is 0 Å². The molecule has 3 rings (SSSR count). The number of benzene rings is 3. The van der Waals surface area contributed by atoms with Crippen molar-refractivity contribution in [1.82, 2.24) is 5.32 Å². The molecule has 0 aliphatic heterocycles. The van der Waals surface area contributed by atoms with Crippen LogP contribution in [0.5, 0.6) is 0 Å². The molecule has 0 atom stereocenters. The van der Waals surface area contributed by atoms with Gasteiger partial charge in [0.25, 0.3) is 11.8 Å². The minimum absolute atomic E-state index is 0.00581. The fraction of sp³-hybridized carbons (Fsp3) is 0. The summed E-state index contributed by atoms with van der Waals surface area (Å²) in [6.45, 7) is 0. The Balaban J connectivity index is 1.89. The van der Waals surface area contributed by atoms with Gasteiger partial charge in [-0.2, -0.15) is 0 Å². The Bertz CT molecular complexity index is 1020. The number of nitrogens with one attached hydrogen (secondary N) is 2. The average molecular weight is 395 g/mol. The molecule has 0 spiro atoms. The van der Waals surface area contributed by atoms with Gasteiger partial charge >= 0.3 is 0 Å². The van der Waals surface area contributed by atoms with Crippen molar-refractivity contribution in [2.75, 3.05) is 5.32 Å². The first-order chi connectivity index (χ1) is 13.5. The zero-order chi connectivity index (χ0) is 19.9. The summed E-state index contributed by atoms with van der Waals surface area (Å²) in [5, 5.41) is 5.69. The third-order valence-corrected chi connectivity index (χ3v) is 4.18. The molecule has 28 heavy (non-hydrogen) atoms. The van der Waals surface area contributed by atoms with Crippen LogP contribution >= 0.6 is 11.6 Å². The number of amides is 2. The zero-order valence-corrected chi connectivity index (χ0v) is 15.4. The van der Waals surface area contributed by atoms with Gasteiger partial charge in [-0.25, -0.2) is 4.39 Å². The topological polar surface area (TPSA) is 58.2 Å². The SMILES string of the molecule is O=C(Nc1ccc(F)cc1)/C(=C\c1ccccc1Cl)NC(=O)c1ccccc1. The van der Waals surface area contributed by atoms with Crippen molar-refractivity contribution in [2.45, 2.75) is 0 Å². The summed E-state index contributed by atoms with van der Waals surface area (Å²) < 4.78 is 13.1. The van der Waals surface area contributed by atoms with Crippen molar-refractivity contribution in [3.63, 3.8) is 0 Å².